The molecule has 0 saturated heterocycles. The normalized spacial score (nSPS) is 15.5. The van der Waals surface area contributed by atoms with Crippen molar-refractivity contribution >= 4 is 23.0 Å². The van der Waals surface area contributed by atoms with Gasteiger partial charge in [0.25, 0.3) is 0 Å². The van der Waals surface area contributed by atoms with Gasteiger partial charge in [0.2, 0.25) is 5.82 Å². The van der Waals surface area contributed by atoms with Gasteiger partial charge in [-0.05, 0) is 47.7 Å². The fraction of sp³-hybridized carbons (Fsp3) is 0.280. The first kappa shape index (κ1) is 24.5. The number of hydrogen-bond donors (Lipinski definition) is 3. The molecule has 1 saturated carbocycles. The van der Waals surface area contributed by atoms with E-state index in [0.717, 1.165) is 48.8 Å². The molecule has 1 aliphatic rings. The van der Waals surface area contributed by atoms with Crippen molar-refractivity contribution < 1.29 is 13.6 Å². The highest BCUT2D eigenvalue weighted by Crippen LogP contribution is 2.36. The lowest BCUT2D eigenvalue weighted by molar-refractivity contribution is 0.209. The third kappa shape index (κ3) is 6.27. The van der Waals surface area contributed by atoms with Crippen LogP contribution in [0.4, 0.5) is 10.5 Å². The number of urea groups is 1. The van der Waals surface area contributed by atoms with E-state index < -0.39 is 16.8 Å². The highest BCUT2D eigenvalue weighted by Gasteiger charge is 2.37. The zero-order valence-electron chi connectivity index (χ0n) is 19.0. The van der Waals surface area contributed by atoms with Gasteiger partial charge in [-0.25, -0.2) is 19.5 Å². The van der Waals surface area contributed by atoms with Gasteiger partial charge in [0.1, 0.15) is 6.07 Å². The second kappa shape index (κ2) is 11.2. The van der Waals surface area contributed by atoms with E-state index in [1.165, 1.54) is 0 Å². The van der Waals surface area contributed by atoms with E-state index >= 15 is 0 Å². The number of benzene rings is 2. The summed E-state index contributed by atoms with van der Waals surface area (Å²) in [5.41, 5.74) is 3.48. The zero-order valence-corrected chi connectivity index (χ0v) is 19.8. The molecule has 10 heteroatoms. The van der Waals surface area contributed by atoms with Crippen LogP contribution in [-0.2, 0) is 23.4 Å². The van der Waals surface area contributed by atoms with Crippen LogP contribution in [0.5, 0.6) is 0 Å². The fourth-order valence-electron chi connectivity index (χ4n) is 4.36. The minimum Gasteiger partial charge on any atom is -0.760 e. The molecule has 1 aromatic heterocycles. The predicted octanol–water partition coefficient (Wildman–Crippen LogP) is 3.88. The van der Waals surface area contributed by atoms with Crippen molar-refractivity contribution in [2.24, 2.45) is 0 Å². The lowest BCUT2D eigenvalue weighted by Crippen LogP contribution is -2.49. The summed E-state index contributed by atoms with van der Waals surface area (Å²) < 4.78 is 23.6. The summed E-state index contributed by atoms with van der Waals surface area (Å²) in [7, 11) is 0. The van der Waals surface area contributed by atoms with Crippen LogP contribution in [-0.4, -0.2) is 24.8 Å². The molecule has 1 unspecified atom stereocenters. The molecule has 1 atom stereocenters. The van der Waals surface area contributed by atoms with Crippen molar-refractivity contribution in [1.29, 1.82) is 5.26 Å². The van der Waals surface area contributed by atoms with E-state index in [2.05, 4.69) is 25.3 Å². The van der Waals surface area contributed by atoms with Crippen LogP contribution in [0.25, 0.3) is 11.1 Å². The maximum atomic E-state index is 12.9. The lowest BCUT2D eigenvalue weighted by atomic mass is 9.79. The number of amides is 2. The Hall–Kier alpha value is -3.65. The van der Waals surface area contributed by atoms with Gasteiger partial charge in [0.15, 0.2) is 0 Å². The molecule has 1 fully saturated rings. The van der Waals surface area contributed by atoms with Gasteiger partial charge in [-0.2, -0.15) is 5.26 Å². The smallest absolute Gasteiger partial charge is 0.319 e. The average molecular weight is 490 g/mol. The van der Waals surface area contributed by atoms with Crippen LogP contribution in [0.3, 0.4) is 0 Å². The molecule has 1 aliphatic carbocycles. The Morgan fingerprint density at radius 3 is 2.31 bits per heavy atom. The molecular weight excluding hydrogens is 464 g/mol. The van der Waals surface area contributed by atoms with Crippen LogP contribution >= 0.6 is 0 Å². The van der Waals surface area contributed by atoms with Crippen molar-refractivity contribution in [2.45, 2.75) is 44.2 Å². The Morgan fingerprint density at radius 1 is 1.03 bits per heavy atom. The number of aromatic nitrogens is 2. The summed E-state index contributed by atoms with van der Waals surface area (Å²) in [6.45, 7) is 0.239. The SMILES string of the molecule is N#Cc1nccc(C2(NC(=O)Nc3ccc(-c4ccc(CNS(=O)[O-])cc4)cc3)CCCCC2)n1. The van der Waals surface area contributed by atoms with Gasteiger partial charge >= 0.3 is 6.03 Å². The molecule has 0 aliphatic heterocycles. The van der Waals surface area contributed by atoms with Gasteiger partial charge in [-0.3, -0.25) is 4.21 Å². The van der Waals surface area contributed by atoms with Crippen molar-refractivity contribution in [3.8, 4) is 17.2 Å². The van der Waals surface area contributed by atoms with Gasteiger partial charge in [-0.1, -0.05) is 55.7 Å². The number of rotatable bonds is 7. The average Bonchev–Trinajstić information content (AvgIpc) is 2.89. The molecule has 180 valence electrons. The molecule has 2 amide bonds. The second-order valence-electron chi connectivity index (χ2n) is 8.43. The van der Waals surface area contributed by atoms with Crippen molar-refractivity contribution in [3.63, 3.8) is 0 Å². The summed E-state index contributed by atoms with van der Waals surface area (Å²) in [4.78, 5) is 21.3. The van der Waals surface area contributed by atoms with E-state index in [-0.39, 0.29) is 18.4 Å². The molecule has 9 nitrogen and oxygen atoms in total. The maximum Gasteiger partial charge on any atom is 0.319 e. The van der Waals surface area contributed by atoms with Gasteiger partial charge in [-0.15, -0.1) is 0 Å². The van der Waals surface area contributed by atoms with Gasteiger partial charge in [0.05, 0.1) is 11.2 Å². The van der Waals surface area contributed by atoms with E-state index in [4.69, 9.17) is 0 Å². The number of carbonyl (C=O) groups is 1. The van der Waals surface area contributed by atoms with Crippen LogP contribution in [0.15, 0.2) is 60.8 Å². The molecule has 4 rings (SSSR count). The number of anilines is 1. The Kier molecular flexibility index (Phi) is 7.82. The minimum atomic E-state index is -2.29. The Bertz CT molecular complexity index is 1240. The largest absolute Gasteiger partial charge is 0.760 e. The van der Waals surface area contributed by atoms with E-state index in [1.54, 1.807) is 12.3 Å². The zero-order chi connectivity index (χ0) is 24.7. The molecule has 0 radical (unpaired) electrons. The minimum absolute atomic E-state index is 0.0925. The quantitative estimate of drug-likeness (QED) is 0.430. The van der Waals surface area contributed by atoms with E-state index in [9.17, 15) is 18.8 Å². The molecular formula is C25H25N6O3S-. The first-order chi connectivity index (χ1) is 17.0. The van der Waals surface area contributed by atoms with Crippen molar-refractivity contribution in [1.82, 2.24) is 20.0 Å². The Labute approximate surface area is 206 Å². The number of nitrogens with zero attached hydrogens (tertiary/aromatic N) is 3. The first-order valence-corrected chi connectivity index (χ1v) is 12.4. The Balaban J connectivity index is 1.43. The van der Waals surface area contributed by atoms with Crippen molar-refractivity contribution in [2.75, 3.05) is 5.32 Å². The van der Waals surface area contributed by atoms with Gasteiger partial charge < -0.3 is 15.2 Å². The monoisotopic (exact) mass is 489 g/mol. The first-order valence-electron chi connectivity index (χ1n) is 11.3. The topological polar surface area (TPSA) is 143 Å². The van der Waals surface area contributed by atoms with Crippen LogP contribution in [0, 0.1) is 11.3 Å². The molecule has 2 aromatic carbocycles. The Morgan fingerprint density at radius 2 is 1.69 bits per heavy atom. The summed E-state index contributed by atoms with van der Waals surface area (Å²) in [6.07, 6.45) is 6.07. The van der Waals surface area contributed by atoms with Gasteiger partial charge in [0, 0.05) is 29.7 Å². The third-order valence-electron chi connectivity index (χ3n) is 6.13. The summed E-state index contributed by atoms with van der Waals surface area (Å²) in [5.74, 6) is 0.0925. The predicted molar refractivity (Wildman–Crippen MR) is 131 cm³/mol. The molecule has 1 heterocycles. The summed E-state index contributed by atoms with van der Waals surface area (Å²) >= 11 is -2.29. The third-order valence-corrected chi connectivity index (χ3v) is 6.51. The molecule has 0 bridgehead atoms. The highest BCUT2D eigenvalue weighted by molar-refractivity contribution is 7.77. The van der Waals surface area contributed by atoms with E-state index in [0.29, 0.717) is 11.4 Å². The van der Waals surface area contributed by atoms with Crippen LogP contribution in [0.2, 0.25) is 0 Å². The molecule has 3 aromatic rings. The van der Waals surface area contributed by atoms with E-state index in [1.807, 2.05) is 54.6 Å². The molecule has 35 heavy (non-hydrogen) atoms. The highest BCUT2D eigenvalue weighted by atomic mass is 32.2. The standard InChI is InChI=1S/C25H26N6O3S/c26-16-23-27-15-12-22(30-23)25(13-2-1-3-14-25)31-24(32)29-21-10-8-20(9-11-21)19-6-4-18(5-7-19)17-28-35(33)34/h4-12,15,28H,1-3,13-14,17H2,(H,33,34)(H2,29,31,32)/p-1. The fourth-order valence-corrected chi connectivity index (χ4v) is 4.65. The number of nitrogens with one attached hydrogen (secondary N) is 3. The summed E-state index contributed by atoms with van der Waals surface area (Å²) in [5, 5.41) is 15.2. The lowest BCUT2D eigenvalue weighted by Gasteiger charge is -2.37. The molecule has 3 N–H and O–H groups in total. The second-order valence-corrected chi connectivity index (χ2v) is 9.19. The van der Waals surface area contributed by atoms with Crippen molar-refractivity contribution in [3.05, 3.63) is 77.9 Å². The number of hydrogen-bond acceptors (Lipinski definition) is 6. The maximum absolute atomic E-state index is 12.9. The number of nitriles is 1. The number of carbonyl (C=O) groups excluding carboxylic acids is 1. The van der Waals surface area contributed by atoms with Crippen LogP contribution in [0.1, 0.15) is 49.2 Å². The molecule has 0 spiro atoms. The summed E-state index contributed by atoms with van der Waals surface area (Å²) in [6, 6.07) is 18.5. The van der Waals surface area contributed by atoms with Crippen LogP contribution < -0.4 is 15.4 Å².